The van der Waals surface area contributed by atoms with Crippen molar-refractivity contribution in [1.82, 2.24) is 0 Å². The van der Waals surface area contributed by atoms with Crippen molar-refractivity contribution in [2.45, 2.75) is 20.3 Å². The lowest BCUT2D eigenvalue weighted by Crippen LogP contribution is -2.37. The first-order chi connectivity index (χ1) is 13.7. The lowest BCUT2D eigenvalue weighted by Gasteiger charge is -2.22. The van der Waals surface area contributed by atoms with Gasteiger partial charge in [0.1, 0.15) is 6.54 Å². The molecule has 0 radical (unpaired) electrons. The van der Waals surface area contributed by atoms with Crippen LogP contribution in [0.1, 0.15) is 29.8 Å². The van der Waals surface area contributed by atoms with Gasteiger partial charge in [-0.25, -0.2) is 13.2 Å². The Morgan fingerprint density at radius 1 is 1.10 bits per heavy atom. The van der Waals surface area contributed by atoms with Crippen molar-refractivity contribution in [3.05, 3.63) is 58.6 Å². The standard InChI is InChI=1S/C20H23ClN2O5S/c1-4-14-6-9-16(10-7-14)23(29(3,26)27)13-19(24)22-18-11-8-15(12-17(18)21)20(25)28-5-2/h6-12H,4-5,13H2,1-3H3,(H,22,24). The molecule has 0 atom stereocenters. The summed E-state index contributed by atoms with van der Waals surface area (Å²) >= 11 is 6.14. The number of aryl methyl sites for hydroxylation is 1. The first-order valence-electron chi connectivity index (χ1n) is 8.98. The maximum absolute atomic E-state index is 12.5. The van der Waals surface area contributed by atoms with Crippen LogP contribution in [0.25, 0.3) is 0 Å². The highest BCUT2D eigenvalue weighted by atomic mass is 35.5. The smallest absolute Gasteiger partial charge is 0.338 e. The minimum absolute atomic E-state index is 0.141. The highest BCUT2D eigenvalue weighted by molar-refractivity contribution is 7.92. The van der Waals surface area contributed by atoms with Gasteiger partial charge in [0.25, 0.3) is 0 Å². The van der Waals surface area contributed by atoms with Crippen LogP contribution in [0.5, 0.6) is 0 Å². The lowest BCUT2D eigenvalue weighted by atomic mass is 10.1. The minimum Gasteiger partial charge on any atom is -0.462 e. The Kier molecular flexibility index (Phi) is 7.64. The second-order valence-electron chi connectivity index (χ2n) is 6.25. The van der Waals surface area contributed by atoms with Crippen LogP contribution < -0.4 is 9.62 Å². The normalized spacial score (nSPS) is 11.0. The van der Waals surface area contributed by atoms with Crippen LogP contribution in [0.4, 0.5) is 11.4 Å². The molecule has 1 amide bonds. The predicted molar refractivity (Wildman–Crippen MR) is 114 cm³/mol. The molecule has 0 saturated carbocycles. The van der Waals surface area contributed by atoms with Gasteiger partial charge in [0.05, 0.1) is 34.8 Å². The SMILES string of the molecule is CCOC(=O)c1ccc(NC(=O)CN(c2ccc(CC)cc2)S(C)(=O)=O)c(Cl)c1. The van der Waals surface area contributed by atoms with E-state index in [1.807, 2.05) is 19.1 Å². The summed E-state index contributed by atoms with van der Waals surface area (Å²) in [5.41, 5.74) is 1.96. The third kappa shape index (κ3) is 6.20. The van der Waals surface area contributed by atoms with Crippen molar-refractivity contribution in [3.8, 4) is 0 Å². The third-order valence-corrected chi connectivity index (χ3v) is 5.53. The van der Waals surface area contributed by atoms with Crippen LogP contribution in [0, 0.1) is 0 Å². The van der Waals surface area contributed by atoms with Crippen LogP contribution in [-0.4, -0.2) is 39.7 Å². The highest BCUT2D eigenvalue weighted by Gasteiger charge is 2.21. The molecule has 29 heavy (non-hydrogen) atoms. The van der Waals surface area contributed by atoms with Gasteiger partial charge >= 0.3 is 5.97 Å². The van der Waals surface area contributed by atoms with E-state index in [4.69, 9.17) is 16.3 Å². The number of halogens is 1. The number of hydrogen-bond donors (Lipinski definition) is 1. The molecule has 1 N–H and O–H groups in total. The fraction of sp³-hybridized carbons (Fsp3) is 0.300. The van der Waals surface area contributed by atoms with Gasteiger partial charge in [-0.15, -0.1) is 0 Å². The molecular formula is C20H23ClN2O5S. The lowest BCUT2D eigenvalue weighted by molar-refractivity contribution is -0.114. The third-order valence-electron chi connectivity index (χ3n) is 4.07. The number of carbonyl (C=O) groups excluding carboxylic acids is 2. The molecule has 0 aliphatic heterocycles. The number of ether oxygens (including phenoxy) is 1. The van der Waals surface area contributed by atoms with Crippen LogP contribution >= 0.6 is 11.6 Å². The Morgan fingerprint density at radius 2 is 1.76 bits per heavy atom. The van der Waals surface area contributed by atoms with Gasteiger partial charge in [0.15, 0.2) is 0 Å². The van der Waals surface area contributed by atoms with Crippen molar-refractivity contribution < 1.29 is 22.7 Å². The number of hydrogen-bond acceptors (Lipinski definition) is 5. The summed E-state index contributed by atoms with van der Waals surface area (Å²) in [4.78, 5) is 24.2. The van der Waals surface area contributed by atoms with Crippen LogP contribution in [0.3, 0.4) is 0 Å². The monoisotopic (exact) mass is 438 g/mol. The van der Waals surface area contributed by atoms with E-state index < -0.39 is 28.4 Å². The van der Waals surface area contributed by atoms with Crippen LogP contribution in [0.2, 0.25) is 5.02 Å². The van der Waals surface area contributed by atoms with Crippen molar-refractivity contribution in [1.29, 1.82) is 0 Å². The molecule has 0 aromatic heterocycles. The molecule has 7 nitrogen and oxygen atoms in total. The molecule has 0 aliphatic carbocycles. The van der Waals surface area contributed by atoms with Crippen molar-refractivity contribution in [3.63, 3.8) is 0 Å². The summed E-state index contributed by atoms with van der Waals surface area (Å²) < 4.78 is 30.3. The van der Waals surface area contributed by atoms with Gasteiger partial charge in [0, 0.05) is 0 Å². The zero-order valence-electron chi connectivity index (χ0n) is 16.4. The zero-order valence-corrected chi connectivity index (χ0v) is 18.0. The second kappa shape index (κ2) is 9.76. The van der Waals surface area contributed by atoms with Gasteiger partial charge in [-0.3, -0.25) is 9.10 Å². The number of nitrogens with one attached hydrogen (secondary N) is 1. The molecule has 2 aromatic carbocycles. The van der Waals surface area contributed by atoms with E-state index in [1.165, 1.54) is 18.2 Å². The Hall–Kier alpha value is -2.58. The van der Waals surface area contributed by atoms with Gasteiger partial charge in [-0.1, -0.05) is 30.7 Å². The van der Waals surface area contributed by atoms with Crippen molar-refractivity contribution in [2.75, 3.05) is 29.0 Å². The molecule has 156 valence electrons. The van der Waals surface area contributed by atoms with Gasteiger partial charge < -0.3 is 10.1 Å². The van der Waals surface area contributed by atoms with Gasteiger partial charge in [-0.05, 0) is 49.2 Å². The molecule has 9 heteroatoms. The van der Waals surface area contributed by atoms with E-state index in [0.717, 1.165) is 22.5 Å². The molecular weight excluding hydrogens is 416 g/mol. The first-order valence-corrected chi connectivity index (χ1v) is 11.2. The number of carbonyl (C=O) groups is 2. The molecule has 2 aromatic rings. The molecule has 2 rings (SSSR count). The Balaban J connectivity index is 2.17. The quantitative estimate of drug-likeness (QED) is 0.637. The fourth-order valence-electron chi connectivity index (χ4n) is 2.58. The van der Waals surface area contributed by atoms with E-state index in [9.17, 15) is 18.0 Å². The Morgan fingerprint density at radius 3 is 2.28 bits per heavy atom. The Labute approximate surface area is 175 Å². The predicted octanol–water partition coefficient (Wildman–Crippen LogP) is 3.48. The van der Waals surface area contributed by atoms with E-state index in [-0.39, 0.29) is 22.9 Å². The number of anilines is 2. The van der Waals surface area contributed by atoms with Gasteiger partial charge in [-0.2, -0.15) is 0 Å². The molecule has 0 saturated heterocycles. The van der Waals surface area contributed by atoms with E-state index in [1.54, 1.807) is 19.1 Å². The second-order valence-corrected chi connectivity index (χ2v) is 8.57. The summed E-state index contributed by atoms with van der Waals surface area (Å²) in [6.45, 7) is 3.50. The molecule has 0 unspecified atom stereocenters. The average Bonchev–Trinajstić information content (AvgIpc) is 2.67. The molecule has 0 spiro atoms. The largest absolute Gasteiger partial charge is 0.462 e. The zero-order chi connectivity index (χ0) is 21.6. The maximum Gasteiger partial charge on any atom is 0.338 e. The van der Waals surface area contributed by atoms with Gasteiger partial charge in [0.2, 0.25) is 15.9 Å². The Bertz CT molecular complexity index is 990. The average molecular weight is 439 g/mol. The number of sulfonamides is 1. The van der Waals surface area contributed by atoms with Crippen LogP contribution in [0.15, 0.2) is 42.5 Å². The number of benzene rings is 2. The van der Waals surface area contributed by atoms with Crippen LogP contribution in [-0.2, 0) is 26.0 Å². The summed E-state index contributed by atoms with van der Waals surface area (Å²) in [5, 5.41) is 2.71. The van der Waals surface area contributed by atoms with E-state index in [2.05, 4.69) is 5.32 Å². The summed E-state index contributed by atoms with van der Waals surface area (Å²) in [7, 11) is -3.68. The fourth-order valence-corrected chi connectivity index (χ4v) is 3.66. The summed E-state index contributed by atoms with van der Waals surface area (Å²) in [6, 6.07) is 11.3. The number of esters is 1. The summed E-state index contributed by atoms with van der Waals surface area (Å²) in [6.07, 6.45) is 1.86. The van der Waals surface area contributed by atoms with E-state index in [0.29, 0.717) is 5.69 Å². The minimum atomic E-state index is -3.68. The number of amides is 1. The maximum atomic E-state index is 12.5. The molecule has 0 aliphatic rings. The summed E-state index contributed by atoms with van der Waals surface area (Å²) in [5.74, 6) is -1.09. The number of rotatable bonds is 8. The molecule has 0 fully saturated rings. The highest BCUT2D eigenvalue weighted by Crippen LogP contribution is 2.24. The first kappa shape index (κ1) is 22.7. The molecule has 0 bridgehead atoms. The van der Waals surface area contributed by atoms with Crippen molar-refractivity contribution in [2.24, 2.45) is 0 Å². The molecule has 0 heterocycles. The van der Waals surface area contributed by atoms with E-state index >= 15 is 0 Å². The van der Waals surface area contributed by atoms with Crippen molar-refractivity contribution >= 4 is 44.9 Å². The topological polar surface area (TPSA) is 92.8 Å². The number of nitrogens with zero attached hydrogens (tertiary/aromatic N) is 1.